The van der Waals surface area contributed by atoms with Crippen molar-refractivity contribution in [1.29, 1.82) is 0 Å². The number of ketones is 1. The lowest BCUT2D eigenvalue weighted by molar-refractivity contribution is -0.192. The number of thiazole rings is 1. The molecule has 2 aromatic carbocycles. The van der Waals surface area contributed by atoms with E-state index in [1.807, 2.05) is 42.5 Å². The number of carbonyl (C=O) groups excluding carboxylic acids is 1. The van der Waals surface area contributed by atoms with Crippen molar-refractivity contribution in [2.24, 2.45) is 0 Å². The van der Waals surface area contributed by atoms with Gasteiger partial charge >= 0.3 is 12.1 Å². The van der Waals surface area contributed by atoms with Crippen LogP contribution >= 0.6 is 11.3 Å². The quantitative estimate of drug-likeness (QED) is 0.573. The molecule has 0 amide bonds. The van der Waals surface area contributed by atoms with Crippen LogP contribution in [0.15, 0.2) is 42.5 Å². The maximum Gasteiger partial charge on any atom is 0.490 e. The summed E-state index contributed by atoms with van der Waals surface area (Å²) in [5, 5.41) is 11.3. The van der Waals surface area contributed by atoms with Crippen molar-refractivity contribution >= 4 is 38.4 Å². The minimum atomic E-state index is -5.08. The number of nitrogens with zero attached hydrogens (tertiary/aromatic N) is 1. The van der Waals surface area contributed by atoms with E-state index in [-0.39, 0.29) is 5.78 Å². The molecule has 0 aliphatic rings. The van der Waals surface area contributed by atoms with Crippen LogP contribution < -0.4 is 10.1 Å². The van der Waals surface area contributed by atoms with Gasteiger partial charge < -0.3 is 15.2 Å². The number of carbonyl (C=O) groups is 2. The summed E-state index contributed by atoms with van der Waals surface area (Å²) in [6.07, 6.45) is -5.08. The van der Waals surface area contributed by atoms with Crippen molar-refractivity contribution in [1.82, 2.24) is 4.98 Å². The summed E-state index contributed by atoms with van der Waals surface area (Å²) in [4.78, 5) is 24.8. The molecule has 6 nitrogen and oxygen atoms in total. The summed E-state index contributed by atoms with van der Waals surface area (Å²) in [6.45, 7) is 2.21. The molecule has 0 aliphatic heterocycles. The first-order valence-corrected chi connectivity index (χ1v) is 9.00. The SMILES string of the molecule is COc1ccc2nc(NCc3cccc(C(C)=O)c3)sc2c1.O=C(O)C(F)(F)F. The third kappa shape index (κ3) is 6.46. The van der Waals surface area contributed by atoms with E-state index in [0.717, 1.165) is 32.2 Å². The Morgan fingerprint density at radius 1 is 1.21 bits per heavy atom. The Kier molecular flexibility index (Phi) is 7.16. The number of nitrogens with one attached hydrogen (secondary N) is 1. The number of carboxylic acids is 1. The zero-order valence-corrected chi connectivity index (χ0v) is 16.2. The number of hydrogen-bond donors (Lipinski definition) is 2. The van der Waals surface area contributed by atoms with Crippen LogP contribution in [-0.4, -0.2) is 35.1 Å². The molecule has 10 heteroatoms. The number of methoxy groups -OCH3 is 1. The number of hydrogen-bond acceptors (Lipinski definition) is 6. The van der Waals surface area contributed by atoms with E-state index >= 15 is 0 Å². The lowest BCUT2D eigenvalue weighted by atomic mass is 10.1. The number of benzene rings is 2. The van der Waals surface area contributed by atoms with Gasteiger partial charge in [0, 0.05) is 12.1 Å². The normalized spacial score (nSPS) is 10.8. The molecule has 154 valence electrons. The number of alkyl halides is 3. The molecule has 0 saturated heterocycles. The van der Waals surface area contributed by atoms with Crippen LogP contribution in [0.25, 0.3) is 10.2 Å². The first-order valence-electron chi connectivity index (χ1n) is 8.18. The monoisotopic (exact) mass is 426 g/mol. The highest BCUT2D eigenvalue weighted by Gasteiger charge is 2.38. The predicted molar refractivity (Wildman–Crippen MR) is 104 cm³/mol. The fraction of sp³-hybridized carbons (Fsp3) is 0.211. The molecule has 3 aromatic rings. The van der Waals surface area contributed by atoms with Crippen LogP contribution in [0.5, 0.6) is 5.75 Å². The van der Waals surface area contributed by atoms with Crippen molar-refractivity contribution < 1.29 is 32.6 Å². The van der Waals surface area contributed by atoms with E-state index < -0.39 is 12.1 Å². The number of ether oxygens (including phenoxy) is 1. The standard InChI is InChI=1S/C17H16N2O2S.C2HF3O2/c1-11(20)13-5-3-4-12(8-13)10-18-17-19-15-7-6-14(21-2)9-16(15)22-17;3-2(4,5)1(6)7/h3-9H,10H2,1-2H3,(H,18,19);(H,6,7). The fourth-order valence-corrected chi connectivity index (χ4v) is 3.08. The molecule has 2 N–H and O–H groups in total. The molecule has 0 atom stereocenters. The summed E-state index contributed by atoms with van der Waals surface area (Å²) >= 11 is 1.59. The number of anilines is 1. The van der Waals surface area contributed by atoms with E-state index in [4.69, 9.17) is 14.6 Å². The number of rotatable bonds is 5. The highest BCUT2D eigenvalue weighted by Crippen LogP contribution is 2.29. The largest absolute Gasteiger partial charge is 0.497 e. The average Bonchev–Trinajstić information content (AvgIpc) is 3.08. The first kappa shape index (κ1) is 22.2. The van der Waals surface area contributed by atoms with Gasteiger partial charge in [-0.25, -0.2) is 9.78 Å². The third-order valence-electron chi connectivity index (χ3n) is 3.62. The molecule has 0 fully saturated rings. The number of fused-ring (bicyclic) bond motifs is 1. The lowest BCUT2D eigenvalue weighted by Gasteiger charge is -2.04. The second-order valence-electron chi connectivity index (χ2n) is 5.77. The molecule has 3 rings (SSSR count). The molecule has 0 radical (unpaired) electrons. The summed E-state index contributed by atoms with van der Waals surface area (Å²) in [5.41, 5.74) is 2.74. The van der Waals surface area contributed by atoms with Gasteiger partial charge in [0.15, 0.2) is 10.9 Å². The lowest BCUT2D eigenvalue weighted by Crippen LogP contribution is -2.21. The van der Waals surface area contributed by atoms with Crippen molar-refractivity contribution in [2.75, 3.05) is 12.4 Å². The molecule has 0 spiro atoms. The number of halogens is 3. The van der Waals surface area contributed by atoms with Crippen molar-refractivity contribution in [3.63, 3.8) is 0 Å². The predicted octanol–water partition coefficient (Wildman–Crippen LogP) is 4.75. The first-order chi connectivity index (χ1) is 13.6. The van der Waals surface area contributed by atoms with E-state index in [1.165, 1.54) is 0 Å². The summed E-state index contributed by atoms with van der Waals surface area (Å²) in [6, 6.07) is 13.5. The molecule has 0 aliphatic carbocycles. The fourth-order valence-electron chi connectivity index (χ4n) is 2.19. The minimum absolute atomic E-state index is 0.0777. The topological polar surface area (TPSA) is 88.5 Å². The number of Topliss-reactive ketones (excluding diaryl/α,β-unsaturated/α-hetero) is 1. The van der Waals surface area contributed by atoms with Gasteiger partial charge in [0.2, 0.25) is 0 Å². The van der Waals surface area contributed by atoms with Crippen molar-refractivity contribution in [2.45, 2.75) is 19.6 Å². The molecule has 0 unspecified atom stereocenters. The third-order valence-corrected chi connectivity index (χ3v) is 4.59. The summed E-state index contributed by atoms with van der Waals surface area (Å²) in [7, 11) is 1.66. The number of carboxylic acid groups (broad SMARTS) is 1. The van der Waals surface area contributed by atoms with Crippen LogP contribution in [0.2, 0.25) is 0 Å². The second kappa shape index (κ2) is 9.37. The Bertz CT molecular complexity index is 1020. The van der Waals surface area contributed by atoms with Crippen LogP contribution in [0, 0.1) is 0 Å². The minimum Gasteiger partial charge on any atom is -0.497 e. The van der Waals surface area contributed by atoms with Crippen molar-refractivity contribution in [3.8, 4) is 5.75 Å². The molecule has 0 saturated carbocycles. The molecule has 1 aromatic heterocycles. The maximum absolute atomic E-state index is 11.4. The van der Waals surface area contributed by atoms with Gasteiger partial charge in [0.1, 0.15) is 5.75 Å². The zero-order chi connectivity index (χ0) is 21.6. The maximum atomic E-state index is 11.4. The highest BCUT2D eigenvalue weighted by atomic mass is 32.1. The van der Waals surface area contributed by atoms with Gasteiger partial charge in [-0.3, -0.25) is 4.79 Å². The second-order valence-corrected chi connectivity index (χ2v) is 6.80. The zero-order valence-electron chi connectivity index (χ0n) is 15.4. The summed E-state index contributed by atoms with van der Waals surface area (Å²) in [5.74, 6) is -1.85. The Balaban J connectivity index is 0.000000370. The Morgan fingerprint density at radius 3 is 2.48 bits per heavy atom. The van der Waals surface area contributed by atoms with Gasteiger partial charge in [-0.1, -0.05) is 29.5 Å². The van der Waals surface area contributed by atoms with E-state index in [9.17, 15) is 18.0 Å². The Hall–Kier alpha value is -3.14. The van der Waals surface area contributed by atoms with E-state index in [1.54, 1.807) is 25.4 Å². The smallest absolute Gasteiger partial charge is 0.490 e. The molecular weight excluding hydrogens is 409 g/mol. The van der Waals surface area contributed by atoms with Gasteiger partial charge in [-0.2, -0.15) is 13.2 Å². The van der Waals surface area contributed by atoms with Crippen LogP contribution in [0.1, 0.15) is 22.8 Å². The van der Waals surface area contributed by atoms with Gasteiger partial charge in [-0.05, 0) is 36.8 Å². The highest BCUT2D eigenvalue weighted by molar-refractivity contribution is 7.22. The van der Waals surface area contributed by atoms with E-state index in [2.05, 4.69) is 10.3 Å². The Labute approximate surface area is 168 Å². The molecule has 29 heavy (non-hydrogen) atoms. The van der Waals surface area contributed by atoms with Gasteiger partial charge in [0.25, 0.3) is 0 Å². The number of aromatic nitrogens is 1. The van der Waals surface area contributed by atoms with Crippen LogP contribution in [0.3, 0.4) is 0 Å². The molecule has 0 bridgehead atoms. The molecular formula is C19H17F3N2O4S. The van der Waals surface area contributed by atoms with Gasteiger partial charge in [0.05, 0.1) is 17.3 Å². The average molecular weight is 426 g/mol. The summed E-state index contributed by atoms with van der Waals surface area (Å²) < 4.78 is 38.0. The van der Waals surface area contributed by atoms with Crippen LogP contribution in [-0.2, 0) is 11.3 Å². The molecule has 1 heterocycles. The van der Waals surface area contributed by atoms with Gasteiger partial charge in [-0.15, -0.1) is 0 Å². The van der Waals surface area contributed by atoms with E-state index in [0.29, 0.717) is 6.54 Å². The van der Waals surface area contributed by atoms with Crippen LogP contribution in [0.4, 0.5) is 18.3 Å². The van der Waals surface area contributed by atoms with Crippen molar-refractivity contribution in [3.05, 3.63) is 53.6 Å². The Morgan fingerprint density at radius 2 is 1.90 bits per heavy atom. The number of aliphatic carboxylic acids is 1.